The van der Waals surface area contributed by atoms with E-state index in [-0.39, 0.29) is 0 Å². The molecule has 0 rings (SSSR count). The lowest BCUT2D eigenvalue weighted by molar-refractivity contribution is 0.230. The Kier molecular flexibility index (Phi) is 8.14. The molecule has 2 N–H and O–H groups in total. The van der Waals surface area contributed by atoms with Gasteiger partial charge < -0.3 is 15.5 Å². The molecular formula is C11H27N3. The van der Waals surface area contributed by atoms with E-state index in [1.165, 1.54) is 25.9 Å². The molecule has 0 aromatic heterocycles. The van der Waals surface area contributed by atoms with Gasteiger partial charge >= 0.3 is 0 Å². The highest BCUT2D eigenvalue weighted by molar-refractivity contribution is 4.64. The van der Waals surface area contributed by atoms with Crippen LogP contribution in [0.1, 0.15) is 26.2 Å². The van der Waals surface area contributed by atoms with Gasteiger partial charge in [0.05, 0.1) is 0 Å². The lowest BCUT2D eigenvalue weighted by Gasteiger charge is -2.25. The maximum absolute atomic E-state index is 5.49. The molecule has 0 aliphatic heterocycles. The van der Waals surface area contributed by atoms with Crippen molar-refractivity contribution < 1.29 is 0 Å². The van der Waals surface area contributed by atoms with Crippen LogP contribution in [0.5, 0.6) is 0 Å². The average Bonchev–Trinajstić information content (AvgIpc) is 2.13. The van der Waals surface area contributed by atoms with Gasteiger partial charge in [-0.3, -0.25) is 0 Å². The van der Waals surface area contributed by atoms with Crippen molar-refractivity contribution in [1.82, 2.24) is 9.80 Å². The Morgan fingerprint density at radius 3 is 2.21 bits per heavy atom. The molecule has 0 fully saturated rings. The van der Waals surface area contributed by atoms with Crippen molar-refractivity contribution >= 4 is 0 Å². The maximum Gasteiger partial charge on any atom is 0.00643 e. The van der Waals surface area contributed by atoms with Crippen molar-refractivity contribution in [3.8, 4) is 0 Å². The summed E-state index contributed by atoms with van der Waals surface area (Å²) in [5.41, 5.74) is 5.49. The number of nitrogens with zero attached hydrogens (tertiary/aromatic N) is 2. The monoisotopic (exact) mass is 201 g/mol. The molecule has 0 saturated heterocycles. The van der Waals surface area contributed by atoms with Crippen LogP contribution < -0.4 is 5.73 Å². The molecule has 3 heteroatoms. The molecule has 0 saturated carbocycles. The molecule has 1 atom stereocenters. The standard InChI is InChI=1S/C11H27N3/c1-11(7-5-8-12)14(4)10-6-9-13(2)3/h11H,5-10,12H2,1-4H3. The van der Waals surface area contributed by atoms with Gasteiger partial charge in [-0.05, 0) is 67.0 Å². The van der Waals surface area contributed by atoms with Crippen molar-refractivity contribution in [1.29, 1.82) is 0 Å². The van der Waals surface area contributed by atoms with Crippen molar-refractivity contribution in [2.24, 2.45) is 5.73 Å². The van der Waals surface area contributed by atoms with Crippen LogP contribution in [0.15, 0.2) is 0 Å². The predicted molar refractivity (Wildman–Crippen MR) is 63.6 cm³/mol. The fourth-order valence-corrected chi connectivity index (χ4v) is 1.49. The molecule has 0 aliphatic carbocycles. The Balaban J connectivity index is 3.46. The zero-order valence-electron chi connectivity index (χ0n) is 10.3. The molecule has 3 nitrogen and oxygen atoms in total. The molecular weight excluding hydrogens is 174 g/mol. The van der Waals surface area contributed by atoms with E-state index >= 15 is 0 Å². The SMILES string of the molecule is CC(CCCN)N(C)CCCN(C)C. The Bertz CT molecular complexity index is 126. The molecule has 86 valence electrons. The van der Waals surface area contributed by atoms with Crippen LogP contribution in [0, 0.1) is 0 Å². The van der Waals surface area contributed by atoms with Gasteiger partial charge in [-0.2, -0.15) is 0 Å². The molecule has 1 unspecified atom stereocenters. The number of rotatable bonds is 8. The summed E-state index contributed by atoms with van der Waals surface area (Å²) in [4.78, 5) is 4.66. The lowest BCUT2D eigenvalue weighted by atomic mass is 10.1. The van der Waals surface area contributed by atoms with E-state index in [0.29, 0.717) is 6.04 Å². The van der Waals surface area contributed by atoms with E-state index in [2.05, 4.69) is 37.9 Å². The Morgan fingerprint density at radius 1 is 1.07 bits per heavy atom. The van der Waals surface area contributed by atoms with Crippen molar-refractivity contribution in [2.75, 3.05) is 40.8 Å². The van der Waals surface area contributed by atoms with Crippen LogP contribution in [0.4, 0.5) is 0 Å². The second-order valence-corrected chi connectivity index (χ2v) is 4.42. The largest absolute Gasteiger partial charge is 0.330 e. The van der Waals surface area contributed by atoms with Gasteiger partial charge in [-0.1, -0.05) is 0 Å². The van der Waals surface area contributed by atoms with Crippen LogP contribution in [0.2, 0.25) is 0 Å². The van der Waals surface area contributed by atoms with Crippen molar-refractivity contribution in [2.45, 2.75) is 32.2 Å². The third-order valence-electron chi connectivity index (χ3n) is 2.69. The average molecular weight is 201 g/mol. The molecule has 0 bridgehead atoms. The molecule has 14 heavy (non-hydrogen) atoms. The minimum atomic E-state index is 0.667. The van der Waals surface area contributed by atoms with Crippen molar-refractivity contribution in [3.63, 3.8) is 0 Å². The first-order valence-corrected chi connectivity index (χ1v) is 5.63. The van der Waals surface area contributed by atoms with E-state index in [4.69, 9.17) is 5.73 Å². The fraction of sp³-hybridized carbons (Fsp3) is 1.00. The topological polar surface area (TPSA) is 32.5 Å². The highest BCUT2D eigenvalue weighted by Gasteiger charge is 2.07. The minimum Gasteiger partial charge on any atom is -0.330 e. The van der Waals surface area contributed by atoms with Crippen molar-refractivity contribution in [3.05, 3.63) is 0 Å². The molecule has 0 aliphatic rings. The van der Waals surface area contributed by atoms with Gasteiger partial charge in [-0.15, -0.1) is 0 Å². The molecule has 0 spiro atoms. The summed E-state index contributed by atoms with van der Waals surface area (Å²) in [6.07, 6.45) is 3.60. The van der Waals surface area contributed by atoms with E-state index < -0.39 is 0 Å². The first-order valence-electron chi connectivity index (χ1n) is 5.63. The highest BCUT2D eigenvalue weighted by Crippen LogP contribution is 2.04. The zero-order chi connectivity index (χ0) is 11.0. The quantitative estimate of drug-likeness (QED) is 0.636. The predicted octanol–water partition coefficient (Wildman–Crippen LogP) is 0.997. The number of hydrogen-bond acceptors (Lipinski definition) is 3. The van der Waals surface area contributed by atoms with Crippen LogP contribution in [0.3, 0.4) is 0 Å². The van der Waals surface area contributed by atoms with E-state index in [9.17, 15) is 0 Å². The van der Waals surface area contributed by atoms with E-state index in [1.54, 1.807) is 0 Å². The van der Waals surface area contributed by atoms with Gasteiger partial charge in [0.1, 0.15) is 0 Å². The van der Waals surface area contributed by atoms with Gasteiger partial charge in [0.25, 0.3) is 0 Å². The summed E-state index contributed by atoms with van der Waals surface area (Å²) in [6, 6.07) is 0.667. The second-order valence-electron chi connectivity index (χ2n) is 4.42. The van der Waals surface area contributed by atoms with Gasteiger partial charge in [0.2, 0.25) is 0 Å². The highest BCUT2D eigenvalue weighted by atomic mass is 15.1. The second kappa shape index (κ2) is 8.21. The van der Waals surface area contributed by atoms with E-state index in [0.717, 1.165) is 13.0 Å². The van der Waals surface area contributed by atoms with Crippen LogP contribution >= 0.6 is 0 Å². The first kappa shape index (κ1) is 13.9. The summed E-state index contributed by atoms with van der Waals surface area (Å²) >= 11 is 0. The van der Waals surface area contributed by atoms with Gasteiger partial charge in [0.15, 0.2) is 0 Å². The van der Waals surface area contributed by atoms with E-state index in [1.807, 2.05) is 0 Å². The fourth-order valence-electron chi connectivity index (χ4n) is 1.49. The molecule has 0 radical (unpaired) electrons. The maximum atomic E-state index is 5.49. The Labute approximate surface area is 89.2 Å². The van der Waals surface area contributed by atoms with Gasteiger partial charge in [0, 0.05) is 6.04 Å². The first-order chi connectivity index (χ1) is 6.57. The van der Waals surface area contributed by atoms with Crippen LogP contribution in [-0.2, 0) is 0 Å². The summed E-state index contributed by atoms with van der Waals surface area (Å²) in [6.45, 7) is 5.46. The lowest BCUT2D eigenvalue weighted by Crippen LogP contribution is -2.32. The molecule has 0 aromatic carbocycles. The smallest absolute Gasteiger partial charge is 0.00643 e. The summed E-state index contributed by atoms with van der Waals surface area (Å²) < 4.78 is 0. The molecule has 0 aromatic rings. The van der Waals surface area contributed by atoms with Gasteiger partial charge in [-0.25, -0.2) is 0 Å². The summed E-state index contributed by atoms with van der Waals surface area (Å²) in [5.74, 6) is 0. The normalized spacial score (nSPS) is 13.9. The summed E-state index contributed by atoms with van der Waals surface area (Å²) in [7, 11) is 6.45. The van der Waals surface area contributed by atoms with Crippen LogP contribution in [0.25, 0.3) is 0 Å². The third-order valence-corrected chi connectivity index (χ3v) is 2.69. The Morgan fingerprint density at radius 2 is 1.71 bits per heavy atom. The molecule has 0 amide bonds. The molecule has 0 heterocycles. The minimum absolute atomic E-state index is 0.667. The van der Waals surface area contributed by atoms with Crippen LogP contribution in [-0.4, -0.2) is 56.6 Å². The summed E-state index contributed by atoms with van der Waals surface area (Å²) in [5, 5.41) is 0. The number of hydrogen-bond donors (Lipinski definition) is 1. The Hall–Kier alpha value is -0.120. The zero-order valence-corrected chi connectivity index (χ0v) is 10.3. The number of nitrogens with two attached hydrogens (primary N) is 1. The third kappa shape index (κ3) is 7.30.